The molecule has 0 radical (unpaired) electrons. The average molecular weight is 363 g/mol. The molecule has 0 saturated heterocycles. The quantitative estimate of drug-likeness (QED) is 0.611. The van der Waals surface area contributed by atoms with Gasteiger partial charge in [0.25, 0.3) is 0 Å². The highest BCUT2D eigenvalue weighted by Gasteiger charge is 2.18. The molecule has 134 valence electrons. The normalized spacial score (nSPS) is 13.3. The fraction of sp³-hybridized carbons (Fsp3) is 0.278. The van der Waals surface area contributed by atoms with E-state index in [4.69, 9.17) is 0 Å². The van der Waals surface area contributed by atoms with Crippen LogP contribution in [0.15, 0.2) is 64.5 Å². The molecule has 0 bridgehead atoms. The summed E-state index contributed by atoms with van der Waals surface area (Å²) in [5, 5.41) is 6.14. The Morgan fingerprint density at radius 2 is 1.76 bits per heavy atom. The van der Waals surface area contributed by atoms with Gasteiger partial charge >= 0.3 is 0 Å². The summed E-state index contributed by atoms with van der Waals surface area (Å²) in [6.07, 6.45) is 0. The van der Waals surface area contributed by atoms with E-state index in [1.807, 2.05) is 37.3 Å². The summed E-state index contributed by atoms with van der Waals surface area (Å²) in [6, 6.07) is 15.2. The van der Waals surface area contributed by atoms with Crippen LogP contribution in [0, 0.1) is 5.82 Å². The maximum atomic E-state index is 13.7. The van der Waals surface area contributed by atoms with Crippen molar-refractivity contribution < 1.29 is 12.8 Å². The maximum Gasteiger partial charge on any atom is 0.191 e. The molecule has 0 spiro atoms. The van der Waals surface area contributed by atoms with Crippen molar-refractivity contribution in [2.75, 3.05) is 19.3 Å². The minimum absolute atomic E-state index is 0.00979. The predicted molar refractivity (Wildman–Crippen MR) is 97.8 cm³/mol. The molecule has 2 rings (SSSR count). The van der Waals surface area contributed by atoms with Crippen molar-refractivity contribution >= 4 is 15.8 Å². The summed E-state index contributed by atoms with van der Waals surface area (Å²) in [5.41, 5.74) is 1.09. The second-order valence-electron chi connectivity index (χ2n) is 5.52. The number of nitrogens with zero attached hydrogens (tertiary/aromatic N) is 1. The van der Waals surface area contributed by atoms with E-state index in [-0.39, 0.29) is 23.2 Å². The van der Waals surface area contributed by atoms with Gasteiger partial charge in [-0.15, -0.1) is 0 Å². The van der Waals surface area contributed by atoms with Gasteiger partial charge in [0.15, 0.2) is 15.8 Å². The molecular formula is C18H22FN3O2S. The van der Waals surface area contributed by atoms with Gasteiger partial charge in [0.05, 0.1) is 11.8 Å². The number of hydrogen-bond acceptors (Lipinski definition) is 3. The molecule has 0 aliphatic heterocycles. The number of hydrogen-bond donors (Lipinski definition) is 2. The average Bonchev–Trinajstić information content (AvgIpc) is 2.61. The van der Waals surface area contributed by atoms with Gasteiger partial charge < -0.3 is 10.6 Å². The standard InChI is InChI=1S/C18H22FN3O2S/c1-14(15-8-4-3-5-9-15)22-18(20-2)21-12-13-25(23,24)17-11-7-6-10-16(17)19/h3-11,14H,12-13H2,1-2H3,(H2,20,21,22). The lowest BCUT2D eigenvalue weighted by Gasteiger charge is -2.18. The summed E-state index contributed by atoms with van der Waals surface area (Å²) in [5.74, 6) is -0.475. The van der Waals surface area contributed by atoms with E-state index in [1.54, 1.807) is 7.05 Å². The van der Waals surface area contributed by atoms with Gasteiger partial charge in [-0.1, -0.05) is 42.5 Å². The van der Waals surface area contributed by atoms with Crippen LogP contribution in [-0.4, -0.2) is 33.7 Å². The number of sulfone groups is 1. The van der Waals surface area contributed by atoms with E-state index in [9.17, 15) is 12.8 Å². The Hall–Kier alpha value is -2.41. The van der Waals surface area contributed by atoms with E-state index in [1.165, 1.54) is 18.2 Å². The zero-order valence-electron chi connectivity index (χ0n) is 14.2. The van der Waals surface area contributed by atoms with Crippen LogP contribution in [0.3, 0.4) is 0 Å². The lowest BCUT2D eigenvalue weighted by Crippen LogP contribution is -2.40. The molecule has 0 heterocycles. The molecule has 0 aliphatic rings. The fourth-order valence-corrected chi connectivity index (χ4v) is 3.58. The first-order valence-electron chi connectivity index (χ1n) is 7.93. The zero-order chi connectivity index (χ0) is 18.3. The topological polar surface area (TPSA) is 70.6 Å². The third-order valence-electron chi connectivity index (χ3n) is 3.71. The molecule has 0 amide bonds. The number of aliphatic imine (C=N–C) groups is 1. The van der Waals surface area contributed by atoms with E-state index >= 15 is 0 Å². The lowest BCUT2D eigenvalue weighted by atomic mass is 10.1. The largest absolute Gasteiger partial charge is 0.355 e. The first kappa shape index (κ1) is 18.9. The number of benzene rings is 2. The molecule has 7 heteroatoms. The van der Waals surface area contributed by atoms with Crippen LogP contribution in [0.2, 0.25) is 0 Å². The van der Waals surface area contributed by atoms with Crippen LogP contribution >= 0.6 is 0 Å². The van der Waals surface area contributed by atoms with Crippen molar-refractivity contribution in [1.82, 2.24) is 10.6 Å². The molecule has 0 saturated carbocycles. The second-order valence-corrected chi connectivity index (χ2v) is 7.60. The van der Waals surface area contributed by atoms with E-state index < -0.39 is 15.7 Å². The third kappa shape index (κ3) is 5.29. The summed E-state index contributed by atoms with van der Waals surface area (Å²) < 4.78 is 38.1. The number of nitrogens with one attached hydrogen (secondary N) is 2. The van der Waals surface area contributed by atoms with Crippen molar-refractivity contribution in [1.29, 1.82) is 0 Å². The van der Waals surface area contributed by atoms with Crippen LogP contribution in [0.1, 0.15) is 18.5 Å². The van der Waals surface area contributed by atoms with Gasteiger partial charge in [0.2, 0.25) is 0 Å². The van der Waals surface area contributed by atoms with Crippen LogP contribution in [0.4, 0.5) is 4.39 Å². The first-order valence-corrected chi connectivity index (χ1v) is 9.58. The molecule has 2 aromatic carbocycles. The highest BCUT2D eigenvalue weighted by molar-refractivity contribution is 7.91. The van der Waals surface area contributed by atoms with Crippen LogP contribution in [-0.2, 0) is 9.84 Å². The van der Waals surface area contributed by atoms with Crippen LogP contribution in [0.5, 0.6) is 0 Å². The van der Waals surface area contributed by atoms with Crippen molar-refractivity contribution in [2.45, 2.75) is 17.9 Å². The fourth-order valence-electron chi connectivity index (χ4n) is 2.34. The van der Waals surface area contributed by atoms with E-state index in [2.05, 4.69) is 15.6 Å². The Morgan fingerprint density at radius 1 is 1.12 bits per heavy atom. The molecule has 5 nitrogen and oxygen atoms in total. The lowest BCUT2D eigenvalue weighted by molar-refractivity contribution is 0.566. The van der Waals surface area contributed by atoms with Gasteiger partial charge in [0, 0.05) is 13.6 Å². The molecule has 0 fully saturated rings. The molecule has 1 atom stereocenters. The number of guanidine groups is 1. The Labute approximate surface area is 147 Å². The molecule has 0 aromatic heterocycles. The minimum Gasteiger partial charge on any atom is -0.355 e. The highest BCUT2D eigenvalue weighted by Crippen LogP contribution is 2.15. The zero-order valence-corrected chi connectivity index (χ0v) is 15.1. The second kappa shape index (κ2) is 8.62. The molecule has 25 heavy (non-hydrogen) atoms. The van der Waals surface area contributed by atoms with Gasteiger partial charge in [0.1, 0.15) is 10.7 Å². The third-order valence-corrected chi connectivity index (χ3v) is 5.45. The summed E-state index contributed by atoms with van der Waals surface area (Å²) in [4.78, 5) is 3.81. The van der Waals surface area contributed by atoms with Gasteiger partial charge in [-0.2, -0.15) is 0 Å². The van der Waals surface area contributed by atoms with Crippen molar-refractivity contribution in [3.05, 3.63) is 66.0 Å². The first-order chi connectivity index (χ1) is 11.9. The molecule has 0 aliphatic carbocycles. The monoisotopic (exact) mass is 363 g/mol. The Morgan fingerprint density at radius 3 is 2.40 bits per heavy atom. The van der Waals surface area contributed by atoms with Crippen LogP contribution in [0.25, 0.3) is 0 Å². The van der Waals surface area contributed by atoms with Gasteiger partial charge in [-0.05, 0) is 24.6 Å². The van der Waals surface area contributed by atoms with Crippen molar-refractivity contribution in [3.8, 4) is 0 Å². The molecule has 2 aromatic rings. The summed E-state index contributed by atoms with van der Waals surface area (Å²) in [6.45, 7) is 2.11. The molecule has 2 N–H and O–H groups in total. The van der Waals surface area contributed by atoms with Crippen molar-refractivity contribution in [2.24, 2.45) is 4.99 Å². The minimum atomic E-state index is -3.70. The maximum absolute atomic E-state index is 13.7. The van der Waals surface area contributed by atoms with E-state index in [0.29, 0.717) is 5.96 Å². The van der Waals surface area contributed by atoms with Gasteiger partial charge in [-0.3, -0.25) is 4.99 Å². The van der Waals surface area contributed by atoms with Crippen molar-refractivity contribution in [3.63, 3.8) is 0 Å². The Bertz CT molecular complexity index is 823. The Balaban J connectivity index is 1.92. The predicted octanol–water partition coefficient (Wildman–Crippen LogP) is 2.53. The number of rotatable bonds is 6. The summed E-state index contributed by atoms with van der Waals surface area (Å²) >= 11 is 0. The molecular weight excluding hydrogens is 341 g/mol. The van der Waals surface area contributed by atoms with Crippen LogP contribution < -0.4 is 10.6 Å². The highest BCUT2D eigenvalue weighted by atomic mass is 32.2. The SMILES string of the molecule is CN=C(NCCS(=O)(=O)c1ccccc1F)NC(C)c1ccccc1. The van der Waals surface area contributed by atoms with Gasteiger partial charge in [-0.25, -0.2) is 12.8 Å². The summed E-state index contributed by atoms with van der Waals surface area (Å²) in [7, 11) is -2.09. The Kier molecular flexibility index (Phi) is 6.52. The molecule has 1 unspecified atom stereocenters. The smallest absolute Gasteiger partial charge is 0.191 e. The number of halogens is 1. The van der Waals surface area contributed by atoms with E-state index in [0.717, 1.165) is 11.6 Å².